The quantitative estimate of drug-likeness (QED) is 0.198. The summed E-state index contributed by atoms with van der Waals surface area (Å²) < 4.78 is 43.1. The molecule has 0 amide bonds. The van der Waals surface area contributed by atoms with Crippen LogP contribution in [0.5, 0.6) is 0 Å². The molecule has 2 saturated heterocycles. The molecule has 6 nitrogen and oxygen atoms in total. The number of pyridine rings is 1. The molecule has 2 aliphatic rings. The lowest BCUT2D eigenvalue weighted by atomic mass is 10.1. The van der Waals surface area contributed by atoms with Crippen LogP contribution in [0.15, 0.2) is 29.2 Å². The maximum atomic E-state index is 15.3. The van der Waals surface area contributed by atoms with E-state index < -0.39 is 20.7 Å². The Morgan fingerprint density at radius 2 is 1.91 bits per heavy atom. The van der Waals surface area contributed by atoms with Crippen LogP contribution < -0.4 is 9.62 Å². The summed E-state index contributed by atoms with van der Waals surface area (Å²) in [7, 11) is -4.38. The number of hydrogen-bond acceptors (Lipinski definition) is 5. The van der Waals surface area contributed by atoms with Crippen molar-refractivity contribution in [2.24, 2.45) is 0 Å². The minimum absolute atomic E-state index is 0.0128. The summed E-state index contributed by atoms with van der Waals surface area (Å²) in [5.74, 6) is -1.14. The van der Waals surface area contributed by atoms with E-state index in [9.17, 15) is 8.42 Å². The number of rotatable bonds is 6. The molecule has 32 heavy (non-hydrogen) atoms. The summed E-state index contributed by atoms with van der Waals surface area (Å²) >= 11 is 20.9. The van der Waals surface area contributed by atoms with Gasteiger partial charge in [0.25, 0.3) is 10.0 Å². The van der Waals surface area contributed by atoms with Gasteiger partial charge in [-0.2, -0.15) is 0 Å². The first kappa shape index (κ1) is 24.5. The minimum Gasteiger partial charge on any atom is -0.369 e. The molecule has 174 valence electrons. The number of nitrogens with one attached hydrogen (secondary N) is 1. The fourth-order valence-electron chi connectivity index (χ4n) is 4.21. The Bertz CT molecular complexity index is 1130. The molecule has 0 saturated carbocycles. The summed E-state index contributed by atoms with van der Waals surface area (Å²) in [5.41, 5.74) is 0.397. The average molecular weight is 634 g/mol. The van der Waals surface area contributed by atoms with Gasteiger partial charge in [-0.1, -0.05) is 63.5 Å². The van der Waals surface area contributed by atoms with E-state index in [0.717, 1.165) is 26.1 Å². The molecule has 3 heterocycles. The maximum absolute atomic E-state index is 15.3. The number of aromatic nitrogens is 1. The highest BCUT2D eigenvalue weighted by Gasteiger charge is 2.39. The monoisotopic (exact) mass is 632 g/mol. The molecule has 4 rings (SSSR count). The van der Waals surface area contributed by atoms with Gasteiger partial charge in [-0.15, -0.1) is 0 Å². The molecule has 0 radical (unpaired) electrons. The molecule has 1 atom stereocenters. The first-order valence-electron chi connectivity index (χ1n) is 10.1. The molecule has 1 aromatic carbocycles. The van der Waals surface area contributed by atoms with Crippen LogP contribution in [0.25, 0.3) is 0 Å². The number of hydrogen-bond donors (Lipinski definition) is 1. The van der Waals surface area contributed by atoms with Crippen LogP contribution in [0.1, 0.15) is 19.3 Å². The lowest BCUT2D eigenvalue weighted by Gasteiger charge is -2.29. The third kappa shape index (κ3) is 5.22. The van der Waals surface area contributed by atoms with Crippen LogP contribution in [0.3, 0.4) is 0 Å². The van der Waals surface area contributed by atoms with Gasteiger partial charge in [0.15, 0.2) is 5.82 Å². The van der Waals surface area contributed by atoms with E-state index in [1.165, 1.54) is 37.1 Å². The highest BCUT2D eigenvalue weighted by Crippen LogP contribution is 2.42. The van der Waals surface area contributed by atoms with Gasteiger partial charge in [-0.05, 0) is 50.6 Å². The SMILES string of the molecule is O=S(=O)(Nc1cccc(Cl)n1)c1c(Cl)cc(N2CCC(I)(CN3CCCC3)C2)c(Cl)c1F. The van der Waals surface area contributed by atoms with Crippen LogP contribution in [-0.4, -0.2) is 54.4 Å². The largest absolute Gasteiger partial charge is 0.369 e. The lowest BCUT2D eigenvalue weighted by molar-refractivity contribution is 0.312. The molecule has 2 aromatic rings. The van der Waals surface area contributed by atoms with Crippen LogP contribution in [0.4, 0.5) is 15.9 Å². The van der Waals surface area contributed by atoms with Crippen molar-refractivity contribution in [1.82, 2.24) is 9.88 Å². The van der Waals surface area contributed by atoms with Gasteiger partial charge in [-0.25, -0.2) is 17.8 Å². The number of nitrogens with zero attached hydrogens (tertiary/aromatic N) is 3. The van der Waals surface area contributed by atoms with E-state index in [4.69, 9.17) is 34.8 Å². The topological polar surface area (TPSA) is 65.5 Å². The normalized spacial score (nSPS) is 22.0. The highest BCUT2D eigenvalue weighted by atomic mass is 127. The van der Waals surface area contributed by atoms with E-state index in [-0.39, 0.29) is 24.4 Å². The predicted octanol–water partition coefficient (Wildman–Crippen LogP) is 5.46. The number of halogens is 5. The molecule has 1 aromatic heterocycles. The Labute approximate surface area is 215 Å². The predicted molar refractivity (Wildman–Crippen MR) is 136 cm³/mol. The molecule has 0 aliphatic carbocycles. The minimum atomic E-state index is -4.38. The fraction of sp³-hybridized carbons (Fsp3) is 0.450. The van der Waals surface area contributed by atoms with Crippen molar-refractivity contribution in [1.29, 1.82) is 0 Å². The molecule has 2 fully saturated rings. The van der Waals surface area contributed by atoms with Gasteiger partial charge < -0.3 is 9.80 Å². The van der Waals surface area contributed by atoms with E-state index in [1.54, 1.807) is 0 Å². The van der Waals surface area contributed by atoms with Gasteiger partial charge in [0.1, 0.15) is 20.9 Å². The molecule has 0 bridgehead atoms. The second-order valence-corrected chi connectivity index (χ2v) is 13.2. The van der Waals surface area contributed by atoms with Crippen molar-refractivity contribution in [3.8, 4) is 0 Å². The summed E-state index contributed by atoms with van der Waals surface area (Å²) in [6.45, 7) is 4.53. The molecule has 0 spiro atoms. The van der Waals surface area contributed by atoms with Crippen LogP contribution >= 0.6 is 57.4 Å². The molecule has 1 N–H and O–H groups in total. The first-order chi connectivity index (χ1) is 15.1. The van der Waals surface area contributed by atoms with Crippen molar-refractivity contribution in [2.45, 2.75) is 27.6 Å². The Kier molecular flexibility index (Phi) is 7.34. The Balaban J connectivity index is 1.59. The van der Waals surface area contributed by atoms with E-state index in [2.05, 4.69) is 37.2 Å². The average Bonchev–Trinajstić information content (AvgIpc) is 3.34. The number of benzene rings is 1. The zero-order chi connectivity index (χ0) is 23.1. The Morgan fingerprint density at radius 1 is 1.19 bits per heavy atom. The standard InChI is InChI=1S/C20H21Cl3FIN4O2S/c21-13-10-14(29-9-6-20(25,12-29)11-28-7-1-2-8-28)17(23)18(24)19(13)32(30,31)27-16-5-3-4-15(22)26-16/h3-5,10H,1-2,6-9,11-12H2,(H,26,27). The van der Waals surface area contributed by atoms with Crippen molar-refractivity contribution in [2.75, 3.05) is 42.3 Å². The summed E-state index contributed by atoms with van der Waals surface area (Å²) in [6.07, 6.45) is 3.36. The van der Waals surface area contributed by atoms with Gasteiger partial charge in [-0.3, -0.25) is 4.72 Å². The van der Waals surface area contributed by atoms with Crippen LogP contribution in [0, 0.1) is 5.82 Å². The maximum Gasteiger partial charge on any atom is 0.267 e. The summed E-state index contributed by atoms with van der Waals surface area (Å²) in [4.78, 5) is 7.58. The molecule has 1 unspecified atom stereocenters. The van der Waals surface area contributed by atoms with E-state index in [0.29, 0.717) is 18.8 Å². The van der Waals surface area contributed by atoms with Gasteiger partial charge in [0.05, 0.1) is 14.1 Å². The molecule has 12 heteroatoms. The molecular weight excluding hydrogens is 613 g/mol. The number of anilines is 2. The zero-order valence-corrected chi connectivity index (χ0v) is 22.2. The lowest BCUT2D eigenvalue weighted by Crippen LogP contribution is -2.39. The molecule has 2 aliphatic heterocycles. The highest BCUT2D eigenvalue weighted by molar-refractivity contribution is 14.1. The van der Waals surface area contributed by atoms with Crippen molar-refractivity contribution < 1.29 is 12.8 Å². The molecular formula is C20H21Cl3FIN4O2S. The second kappa shape index (κ2) is 9.58. The fourth-order valence-corrected chi connectivity index (χ4v) is 7.47. The van der Waals surface area contributed by atoms with E-state index in [1.807, 2.05) is 4.90 Å². The van der Waals surface area contributed by atoms with Crippen molar-refractivity contribution in [3.63, 3.8) is 0 Å². The zero-order valence-electron chi connectivity index (χ0n) is 16.9. The second-order valence-electron chi connectivity index (χ2n) is 8.09. The Hall–Kier alpha value is -0.590. The summed E-state index contributed by atoms with van der Waals surface area (Å²) in [6, 6.07) is 5.83. The first-order valence-corrected chi connectivity index (χ1v) is 13.8. The Morgan fingerprint density at radius 3 is 2.59 bits per heavy atom. The van der Waals surface area contributed by atoms with Crippen LogP contribution in [-0.2, 0) is 10.0 Å². The van der Waals surface area contributed by atoms with Gasteiger partial charge >= 0.3 is 0 Å². The number of likely N-dealkylation sites (tertiary alicyclic amines) is 1. The number of sulfonamides is 1. The number of alkyl halides is 1. The smallest absolute Gasteiger partial charge is 0.267 e. The van der Waals surface area contributed by atoms with Crippen LogP contribution in [0.2, 0.25) is 15.2 Å². The van der Waals surface area contributed by atoms with Gasteiger partial charge in [0, 0.05) is 19.6 Å². The van der Waals surface area contributed by atoms with E-state index >= 15 is 4.39 Å². The van der Waals surface area contributed by atoms with Crippen molar-refractivity contribution in [3.05, 3.63) is 45.3 Å². The van der Waals surface area contributed by atoms with Crippen molar-refractivity contribution >= 4 is 78.9 Å². The third-order valence-electron chi connectivity index (χ3n) is 5.67. The van der Waals surface area contributed by atoms with Gasteiger partial charge in [0.2, 0.25) is 0 Å². The third-order valence-corrected chi connectivity index (χ3v) is 9.29. The summed E-state index contributed by atoms with van der Waals surface area (Å²) in [5, 5.41) is -0.423.